The van der Waals surface area contributed by atoms with Gasteiger partial charge in [-0.2, -0.15) is 0 Å². The van der Waals surface area contributed by atoms with Gasteiger partial charge in [0.05, 0.1) is 18.7 Å². The Hall–Kier alpha value is -3.23. The summed E-state index contributed by atoms with van der Waals surface area (Å²) in [5, 5.41) is 2.80. The van der Waals surface area contributed by atoms with Crippen LogP contribution in [0.1, 0.15) is 42.7 Å². The molecule has 0 fully saturated rings. The van der Waals surface area contributed by atoms with Crippen LogP contribution in [0, 0.1) is 5.92 Å². The van der Waals surface area contributed by atoms with Gasteiger partial charge in [-0.3, -0.25) is 14.6 Å². The first-order chi connectivity index (χ1) is 15.2. The van der Waals surface area contributed by atoms with E-state index < -0.39 is 13.0 Å². The molecule has 1 aromatic carbocycles. The van der Waals surface area contributed by atoms with Crippen LogP contribution in [0.3, 0.4) is 0 Å². The molecular weight excluding hydrogens is 420 g/mol. The number of nitrogens with zero attached hydrogens (tertiary/aromatic N) is 2. The second kappa shape index (κ2) is 12.0. The number of hydrogen-bond donors (Lipinski definition) is 1. The molecule has 32 heavy (non-hydrogen) atoms. The van der Waals surface area contributed by atoms with Crippen molar-refractivity contribution in [3.63, 3.8) is 0 Å². The largest absolute Gasteiger partial charge is 0.493 e. The molecule has 174 valence electrons. The highest BCUT2D eigenvalue weighted by molar-refractivity contribution is 5.93. The van der Waals surface area contributed by atoms with Crippen molar-refractivity contribution in [3.05, 3.63) is 53.9 Å². The van der Waals surface area contributed by atoms with Gasteiger partial charge in [-0.25, -0.2) is 8.78 Å². The zero-order valence-corrected chi connectivity index (χ0v) is 18.7. The van der Waals surface area contributed by atoms with E-state index in [0.29, 0.717) is 11.3 Å². The van der Waals surface area contributed by atoms with Gasteiger partial charge in [-0.1, -0.05) is 19.9 Å². The van der Waals surface area contributed by atoms with E-state index in [9.17, 15) is 18.4 Å². The van der Waals surface area contributed by atoms with Crippen LogP contribution >= 0.6 is 0 Å². The molecule has 2 aromatic rings. The van der Waals surface area contributed by atoms with Crippen LogP contribution < -0.4 is 14.8 Å². The molecule has 0 bridgehead atoms. The van der Waals surface area contributed by atoms with Gasteiger partial charge in [0.2, 0.25) is 5.91 Å². The predicted molar refractivity (Wildman–Crippen MR) is 116 cm³/mol. The minimum atomic E-state index is -2.60. The molecule has 0 radical (unpaired) electrons. The molecule has 0 aliphatic rings. The topological polar surface area (TPSA) is 80.8 Å². The quantitative estimate of drug-likeness (QED) is 0.566. The predicted octanol–water partition coefficient (Wildman–Crippen LogP) is 3.71. The van der Waals surface area contributed by atoms with E-state index in [1.165, 1.54) is 13.3 Å². The number of hydrogen-bond acceptors (Lipinski definition) is 5. The van der Waals surface area contributed by atoms with Crippen LogP contribution in [0.15, 0.2) is 42.7 Å². The second-order valence-electron chi connectivity index (χ2n) is 7.47. The first-order valence-electron chi connectivity index (χ1n) is 10.3. The van der Waals surface area contributed by atoms with E-state index >= 15 is 0 Å². The lowest BCUT2D eigenvalue weighted by atomic mass is 10.0. The average Bonchev–Trinajstić information content (AvgIpc) is 2.79. The standard InChI is InChI=1S/C23H29F2N3O4/c1-15(2)23(30)28(11-10-27-22(29)18-6-5-9-26-13-18)16(3)17-7-8-19(20(12-17)31-4)32-14-21(24)25/h5-9,12-13,15-16,21H,10-11,14H2,1-4H3,(H,27,29). The third kappa shape index (κ3) is 6.90. The summed E-state index contributed by atoms with van der Waals surface area (Å²) in [6.07, 6.45) is 0.456. The molecule has 2 rings (SSSR count). The number of pyridine rings is 1. The highest BCUT2D eigenvalue weighted by atomic mass is 19.3. The lowest BCUT2D eigenvalue weighted by molar-refractivity contribution is -0.136. The first kappa shape index (κ1) is 25.0. The van der Waals surface area contributed by atoms with Crippen molar-refractivity contribution in [3.8, 4) is 11.5 Å². The number of carbonyl (C=O) groups is 2. The molecule has 0 spiro atoms. The van der Waals surface area contributed by atoms with Gasteiger partial charge in [0.25, 0.3) is 12.3 Å². The van der Waals surface area contributed by atoms with Gasteiger partial charge in [0, 0.05) is 31.4 Å². The number of halogens is 2. The molecule has 0 aliphatic carbocycles. The smallest absolute Gasteiger partial charge is 0.272 e. The number of amides is 2. The van der Waals surface area contributed by atoms with Gasteiger partial charge in [-0.05, 0) is 36.8 Å². The Morgan fingerprint density at radius 2 is 1.91 bits per heavy atom. The molecular formula is C23H29F2N3O4. The zero-order valence-electron chi connectivity index (χ0n) is 18.7. The molecule has 7 nitrogen and oxygen atoms in total. The molecule has 0 saturated carbocycles. The highest BCUT2D eigenvalue weighted by Crippen LogP contribution is 2.32. The maximum absolute atomic E-state index is 12.9. The van der Waals surface area contributed by atoms with E-state index in [1.54, 1.807) is 55.3 Å². The Kier molecular flexibility index (Phi) is 9.37. The fourth-order valence-corrected chi connectivity index (χ4v) is 3.11. The summed E-state index contributed by atoms with van der Waals surface area (Å²) in [6.45, 7) is 5.27. The van der Waals surface area contributed by atoms with Crippen LogP contribution in [0.4, 0.5) is 8.78 Å². The Balaban J connectivity index is 2.13. The maximum atomic E-state index is 12.9. The summed E-state index contributed by atoms with van der Waals surface area (Å²) in [5.74, 6) is -0.0944. The third-order valence-electron chi connectivity index (χ3n) is 4.84. The Bertz CT molecular complexity index is 894. The number of ether oxygens (including phenoxy) is 2. The van der Waals surface area contributed by atoms with Crippen molar-refractivity contribution in [1.82, 2.24) is 15.2 Å². The minimum absolute atomic E-state index is 0.0786. The van der Waals surface area contributed by atoms with Crippen LogP contribution in [0.25, 0.3) is 0 Å². The molecule has 9 heteroatoms. The van der Waals surface area contributed by atoms with Crippen LogP contribution in [-0.4, -0.2) is 54.9 Å². The zero-order chi connectivity index (χ0) is 23.7. The van der Waals surface area contributed by atoms with Gasteiger partial charge >= 0.3 is 0 Å². The van der Waals surface area contributed by atoms with Crippen molar-refractivity contribution >= 4 is 11.8 Å². The molecule has 1 heterocycles. The van der Waals surface area contributed by atoms with Gasteiger partial charge in [0.1, 0.15) is 6.61 Å². The summed E-state index contributed by atoms with van der Waals surface area (Å²) < 4.78 is 35.3. The van der Waals surface area contributed by atoms with E-state index in [1.807, 2.05) is 6.92 Å². The van der Waals surface area contributed by atoms with E-state index in [-0.39, 0.29) is 42.6 Å². The van der Waals surface area contributed by atoms with Crippen LogP contribution in [-0.2, 0) is 4.79 Å². The van der Waals surface area contributed by atoms with Crippen LogP contribution in [0.5, 0.6) is 11.5 Å². The maximum Gasteiger partial charge on any atom is 0.272 e. The number of aromatic nitrogens is 1. The molecule has 1 unspecified atom stereocenters. The molecule has 0 aliphatic heterocycles. The van der Waals surface area contributed by atoms with E-state index in [0.717, 1.165) is 5.56 Å². The fourth-order valence-electron chi connectivity index (χ4n) is 3.11. The number of methoxy groups -OCH3 is 1. The van der Waals surface area contributed by atoms with Crippen molar-refractivity contribution < 1.29 is 27.8 Å². The highest BCUT2D eigenvalue weighted by Gasteiger charge is 2.24. The molecule has 1 aromatic heterocycles. The number of rotatable bonds is 11. The van der Waals surface area contributed by atoms with Crippen molar-refractivity contribution in [2.75, 3.05) is 26.8 Å². The lowest BCUT2D eigenvalue weighted by Gasteiger charge is -2.31. The van der Waals surface area contributed by atoms with Crippen molar-refractivity contribution in [1.29, 1.82) is 0 Å². The summed E-state index contributed by atoms with van der Waals surface area (Å²) in [6, 6.07) is 7.91. The van der Waals surface area contributed by atoms with Crippen molar-refractivity contribution in [2.45, 2.75) is 33.2 Å². The monoisotopic (exact) mass is 449 g/mol. The van der Waals surface area contributed by atoms with Gasteiger partial charge in [-0.15, -0.1) is 0 Å². The summed E-state index contributed by atoms with van der Waals surface area (Å²) in [7, 11) is 1.42. The Morgan fingerprint density at radius 3 is 2.50 bits per heavy atom. The minimum Gasteiger partial charge on any atom is -0.493 e. The Morgan fingerprint density at radius 1 is 1.16 bits per heavy atom. The number of nitrogens with one attached hydrogen (secondary N) is 1. The summed E-state index contributed by atoms with van der Waals surface area (Å²) in [4.78, 5) is 30.7. The third-order valence-corrected chi connectivity index (χ3v) is 4.84. The van der Waals surface area contributed by atoms with E-state index in [4.69, 9.17) is 9.47 Å². The van der Waals surface area contributed by atoms with Crippen molar-refractivity contribution in [2.24, 2.45) is 5.92 Å². The summed E-state index contributed by atoms with van der Waals surface area (Å²) in [5.41, 5.74) is 1.19. The molecule has 1 atom stereocenters. The molecule has 1 N–H and O–H groups in total. The fraction of sp³-hybridized carbons (Fsp3) is 0.435. The number of benzene rings is 1. The lowest BCUT2D eigenvalue weighted by Crippen LogP contribution is -2.41. The normalized spacial score (nSPS) is 11.9. The Labute approximate surface area is 186 Å². The summed E-state index contributed by atoms with van der Waals surface area (Å²) >= 11 is 0. The first-order valence-corrected chi connectivity index (χ1v) is 10.3. The number of alkyl halides is 2. The molecule has 2 amide bonds. The second-order valence-corrected chi connectivity index (χ2v) is 7.47. The number of carbonyl (C=O) groups excluding carboxylic acids is 2. The molecule has 0 saturated heterocycles. The van der Waals surface area contributed by atoms with Gasteiger partial charge in [0.15, 0.2) is 11.5 Å². The average molecular weight is 449 g/mol. The SMILES string of the molecule is COc1cc(C(C)N(CCNC(=O)c2cccnc2)C(=O)C(C)C)ccc1OCC(F)F. The van der Waals surface area contributed by atoms with Crippen LogP contribution in [0.2, 0.25) is 0 Å². The van der Waals surface area contributed by atoms with E-state index in [2.05, 4.69) is 10.3 Å². The van der Waals surface area contributed by atoms with Gasteiger partial charge < -0.3 is 19.7 Å².